The molecular formula is C28H26N2O4. The molecule has 0 fully saturated rings. The second kappa shape index (κ2) is 9.06. The number of aromatic amines is 2. The van der Waals surface area contributed by atoms with Gasteiger partial charge in [-0.25, -0.2) is 9.59 Å². The maximum atomic E-state index is 13.1. The van der Waals surface area contributed by atoms with E-state index in [1.54, 1.807) is 36.9 Å². The van der Waals surface area contributed by atoms with E-state index in [9.17, 15) is 9.59 Å². The Kier molecular flexibility index (Phi) is 5.80. The molecule has 0 spiro atoms. The summed E-state index contributed by atoms with van der Waals surface area (Å²) >= 11 is 0. The third-order valence-electron chi connectivity index (χ3n) is 6.64. The number of H-pyrrole nitrogens is 2. The number of rotatable bonds is 5. The molecule has 6 nitrogen and oxygen atoms in total. The molecule has 1 aliphatic carbocycles. The van der Waals surface area contributed by atoms with E-state index in [4.69, 9.17) is 9.47 Å². The Balaban J connectivity index is 1.63. The number of aryl methyl sites for hydroxylation is 1. The molecule has 5 rings (SSSR count). The van der Waals surface area contributed by atoms with Crippen LogP contribution >= 0.6 is 0 Å². The van der Waals surface area contributed by atoms with Gasteiger partial charge in [-0.3, -0.25) is 0 Å². The molecule has 0 saturated carbocycles. The summed E-state index contributed by atoms with van der Waals surface area (Å²) in [5.41, 5.74) is 5.12. The molecular weight excluding hydrogens is 428 g/mol. The van der Waals surface area contributed by atoms with Crippen molar-refractivity contribution in [2.24, 2.45) is 0 Å². The molecule has 2 aromatic heterocycles. The molecule has 6 heteroatoms. The summed E-state index contributed by atoms with van der Waals surface area (Å²) in [5, 5.41) is 0. The second-order valence-corrected chi connectivity index (χ2v) is 8.69. The maximum Gasteiger partial charge on any atom is 0.340 e. The van der Waals surface area contributed by atoms with Crippen molar-refractivity contribution >= 4 is 11.9 Å². The van der Waals surface area contributed by atoms with Gasteiger partial charge in [0, 0.05) is 30.7 Å². The highest BCUT2D eigenvalue weighted by Gasteiger charge is 2.46. The van der Waals surface area contributed by atoms with Crippen molar-refractivity contribution in [2.45, 2.75) is 37.9 Å². The Bertz CT molecular complexity index is 1290. The Morgan fingerprint density at radius 2 is 1.24 bits per heavy atom. The van der Waals surface area contributed by atoms with E-state index in [1.807, 2.05) is 44.2 Å². The van der Waals surface area contributed by atoms with Crippen molar-refractivity contribution in [3.8, 4) is 0 Å². The molecule has 1 aliphatic rings. The van der Waals surface area contributed by atoms with Gasteiger partial charge in [0.05, 0.1) is 17.0 Å². The summed E-state index contributed by atoms with van der Waals surface area (Å²) in [4.78, 5) is 31.9. The minimum atomic E-state index is -0.712. The van der Waals surface area contributed by atoms with Crippen molar-refractivity contribution in [2.75, 3.05) is 0 Å². The van der Waals surface area contributed by atoms with Gasteiger partial charge < -0.3 is 19.4 Å². The second-order valence-electron chi connectivity index (χ2n) is 8.69. The lowest BCUT2D eigenvalue weighted by Crippen LogP contribution is -2.46. The van der Waals surface area contributed by atoms with E-state index in [2.05, 4.69) is 28.2 Å². The Morgan fingerprint density at radius 3 is 1.79 bits per heavy atom. The zero-order chi connectivity index (χ0) is 23.7. The standard InChI is InChI=1S/C28H26N2O4/c1-17-7-3-4-8-21(17)24-23-10-6-5-9-22(23)18(2)25(33-27(31)19-11-13-29-15-19)26(24)34-28(32)20-12-14-30-16-20/h3-16,18,24-26,29-30H,1-2H3/t18-,24?,25?,26?/m0/s1. The van der Waals surface area contributed by atoms with E-state index in [-0.39, 0.29) is 11.8 Å². The number of carbonyl (C=O) groups excluding carboxylic acids is 2. The fourth-order valence-corrected chi connectivity index (χ4v) is 4.91. The molecule has 172 valence electrons. The van der Waals surface area contributed by atoms with Gasteiger partial charge in [0.2, 0.25) is 0 Å². The first-order chi connectivity index (χ1) is 16.5. The molecule has 34 heavy (non-hydrogen) atoms. The fraction of sp³-hybridized carbons (Fsp3) is 0.214. The van der Waals surface area contributed by atoms with Crippen LogP contribution in [-0.4, -0.2) is 34.1 Å². The third-order valence-corrected chi connectivity index (χ3v) is 6.64. The van der Waals surface area contributed by atoms with Crippen molar-refractivity contribution in [3.05, 3.63) is 119 Å². The molecule has 0 bridgehead atoms. The lowest BCUT2D eigenvalue weighted by molar-refractivity contribution is -0.0532. The number of carbonyl (C=O) groups is 2. The molecule has 4 aromatic rings. The van der Waals surface area contributed by atoms with Crippen LogP contribution in [0.3, 0.4) is 0 Å². The number of benzene rings is 2. The van der Waals surface area contributed by atoms with Crippen LogP contribution in [0.4, 0.5) is 0 Å². The van der Waals surface area contributed by atoms with Gasteiger partial charge in [-0.2, -0.15) is 0 Å². The number of nitrogens with one attached hydrogen (secondary N) is 2. The van der Waals surface area contributed by atoms with Crippen LogP contribution in [-0.2, 0) is 9.47 Å². The summed E-state index contributed by atoms with van der Waals surface area (Å²) in [7, 11) is 0. The molecule has 2 aromatic carbocycles. The molecule has 4 atom stereocenters. The average molecular weight is 455 g/mol. The van der Waals surface area contributed by atoms with Crippen molar-refractivity contribution in [1.82, 2.24) is 9.97 Å². The van der Waals surface area contributed by atoms with Crippen molar-refractivity contribution in [1.29, 1.82) is 0 Å². The van der Waals surface area contributed by atoms with Crippen molar-refractivity contribution < 1.29 is 19.1 Å². The first-order valence-corrected chi connectivity index (χ1v) is 11.4. The Labute approximate surface area is 197 Å². The highest BCUT2D eigenvalue weighted by Crippen LogP contribution is 2.46. The maximum absolute atomic E-state index is 13.1. The SMILES string of the molecule is Cc1ccccc1C1c2ccccc2[C@H](C)C(OC(=O)c2cc[nH]c2)C1OC(=O)c1cc[nH]c1. The lowest BCUT2D eigenvalue weighted by Gasteiger charge is -2.42. The molecule has 2 heterocycles. The summed E-state index contributed by atoms with van der Waals surface area (Å²) in [6, 6.07) is 19.5. The number of hydrogen-bond donors (Lipinski definition) is 2. The van der Waals surface area contributed by atoms with Crippen LogP contribution < -0.4 is 0 Å². The van der Waals surface area contributed by atoms with Crippen LogP contribution in [0.5, 0.6) is 0 Å². The van der Waals surface area contributed by atoms with Crippen LogP contribution in [0.1, 0.15) is 61.7 Å². The molecule has 0 amide bonds. The van der Waals surface area contributed by atoms with Gasteiger partial charge in [-0.1, -0.05) is 55.5 Å². The number of aromatic nitrogens is 2. The van der Waals surface area contributed by atoms with E-state index < -0.39 is 24.1 Å². The van der Waals surface area contributed by atoms with Crippen LogP contribution in [0, 0.1) is 6.92 Å². The number of fused-ring (bicyclic) bond motifs is 1. The Hall–Kier alpha value is -4.06. The van der Waals surface area contributed by atoms with Gasteiger partial charge >= 0.3 is 11.9 Å². The smallest absolute Gasteiger partial charge is 0.340 e. The number of hydrogen-bond acceptors (Lipinski definition) is 4. The summed E-state index contributed by atoms with van der Waals surface area (Å²) in [6.45, 7) is 4.06. The molecule has 0 radical (unpaired) electrons. The average Bonchev–Trinajstić information content (AvgIpc) is 3.57. The summed E-state index contributed by atoms with van der Waals surface area (Å²) < 4.78 is 12.3. The first-order valence-electron chi connectivity index (χ1n) is 11.4. The topological polar surface area (TPSA) is 84.2 Å². The van der Waals surface area contributed by atoms with Gasteiger partial charge in [-0.15, -0.1) is 0 Å². The molecule has 2 N–H and O–H groups in total. The van der Waals surface area contributed by atoms with Crippen LogP contribution in [0.2, 0.25) is 0 Å². The minimum absolute atomic E-state index is 0.177. The highest BCUT2D eigenvalue weighted by atomic mass is 16.6. The molecule has 0 saturated heterocycles. The van der Waals surface area contributed by atoms with Gasteiger partial charge in [0.25, 0.3) is 0 Å². The predicted octanol–water partition coefficient (Wildman–Crippen LogP) is 5.35. The largest absolute Gasteiger partial charge is 0.454 e. The minimum Gasteiger partial charge on any atom is -0.454 e. The predicted molar refractivity (Wildman–Crippen MR) is 128 cm³/mol. The zero-order valence-electron chi connectivity index (χ0n) is 19.0. The van der Waals surface area contributed by atoms with E-state index in [0.717, 1.165) is 22.3 Å². The fourth-order valence-electron chi connectivity index (χ4n) is 4.91. The first kappa shape index (κ1) is 21.8. The van der Waals surface area contributed by atoms with Gasteiger partial charge in [0.15, 0.2) is 6.10 Å². The van der Waals surface area contributed by atoms with Crippen LogP contribution in [0.25, 0.3) is 0 Å². The quantitative estimate of drug-likeness (QED) is 0.398. The van der Waals surface area contributed by atoms with Gasteiger partial charge in [0.1, 0.15) is 6.10 Å². The highest BCUT2D eigenvalue weighted by molar-refractivity contribution is 5.90. The zero-order valence-corrected chi connectivity index (χ0v) is 19.0. The lowest BCUT2D eigenvalue weighted by atomic mass is 9.70. The van der Waals surface area contributed by atoms with Gasteiger partial charge in [-0.05, 0) is 41.3 Å². The van der Waals surface area contributed by atoms with E-state index >= 15 is 0 Å². The molecule has 3 unspecified atom stereocenters. The molecule has 0 aliphatic heterocycles. The summed E-state index contributed by atoms with van der Waals surface area (Å²) in [5.74, 6) is -1.38. The third kappa shape index (κ3) is 3.92. The van der Waals surface area contributed by atoms with E-state index in [1.165, 1.54) is 0 Å². The van der Waals surface area contributed by atoms with Crippen molar-refractivity contribution in [3.63, 3.8) is 0 Å². The Morgan fingerprint density at radius 1 is 0.706 bits per heavy atom. The summed E-state index contributed by atoms with van der Waals surface area (Å²) in [6.07, 6.45) is 5.17. The van der Waals surface area contributed by atoms with E-state index in [0.29, 0.717) is 11.1 Å². The number of esters is 2. The number of ether oxygens (including phenoxy) is 2. The van der Waals surface area contributed by atoms with Crippen LogP contribution in [0.15, 0.2) is 85.5 Å². The normalized spacial score (nSPS) is 21.5. The monoisotopic (exact) mass is 454 g/mol.